The van der Waals surface area contributed by atoms with Crippen molar-refractivity contribution in [3.63, 3.8) is 0 Å². The summed E-state index contributed by atoms with van der Waals surface area (Å²) in [4.78, 5) is 27.1. The van der Waals surface area contributed by atoms with Crippen LogP contribution in [0.1, 0.15) is 19.3 Å². The van der Waals surface area contributed by atoms with E-state index in [0.29, 0.717) is 25.6 Å². The number of rotatable bonds is 4. The molecule has 1 saturated carbocycles. The molecular formula is C11H19N3O2. The average Bonchev–Trinajstić information content (AvgIpc) is 3.09. The molecule has 0 aromatic carbocycles. The summed E-state index contributed by atoms with van der Waals surface area (Å²) in [6.07, 6.45) is 2.76. The second-order valence-electron chi connectivity index (χ2n) is 4.49. The summed E-state index contributed by atoms with van der Waals surface area (Å²) in [7, 11) is 1.82. The molecule has 90 valence electrons. The van der Waals surface area contributed by atoms with Crippen molar-refractivity contribution in [2.45, 2.75) is 25.3 Å². The Kier molecular flexibility index (Phi) is 3.43. The van der Waals surface area contributed by atoms with E-state index in [4.69, 9.17) is 0 Å². The van der Waals surface area contributed by atoms with Crippen molar-refractivity contribution in [3.05, 3.63) is 0 Å². The number of nitrogens with one attached hydrogen (secondary N) is 1. The summed E-state index contributed by atoms with van der Waals surface area (Å²) in [5.41, 5.74) is 0. The minimum absolute atomic E-state index is 0.0816. The Morgan fingerprint density at radius 2 is 2.19 bits per heavy atom. The van der Waals surface area contributed by atoms with E-state index in [1.807, 2.05) is 11.9 Å². The van der Waals surface area contributed by atoms with Gasteiger partial charge in [0.15, 0.2) is 0 Å². The molecular weight excluding hydrogens is 206 g/mol. The lowest BCUT2D eigenvalue weighted by atomic mass is 10.2. The summed E-state index contributed by atoms with van der Waals surface area (Å²) in [5, 5.41) is 2.94. The van der Waals surface area contributed by atoms with Gasteiger partial charge in [-0.3, -0.25) is 9.59 Å². The largest absolute Gasteiger partial charge is 0.336 e. The summed E-state index contributed by atoms with van der Waals surface area (Å²) in [5.74, 6) is 0.199. The van der Waals surface area contributed by atoms with Gasteiger partial charge in [-0.2, -0.15) is 0 Å². The van der Waals surface area contributed by atoms with E-state index < -0.39 is 0 Å². The zero-order valence-corrected chi connectivity index (χ0v) is 9.74. The number of carbonyl (C=O) groups is 2. The highest BCUT2D eigenvalue weighted by Gasteiger charge is 2.36. The van der Waals surface area contributed by atoms with Crippen molar-refractivity contribution in [3.8, 4) is 0 Å². The zero-order valence-electron chi connectivity index (χ0n) is 9.74. The molecule has 1 heterocycles. The van der Waals surface area contributed by atoms with Gasteiger partial charge in [0.2, 0.25) is 11.8 Å². The quantitative estimate of drug-likeness (QED) is 0.697. The van der Waals surface area contributed by atoms with Gasteiger partial charge >= 0.3 is 0 Å². The second-order valence-corrected chi connectivity index (χ2v) is 4.49. The average molecular weight is 225 g/mol. The first-order chi connectivity index (χ1) is 7.72. The van der Waals surface area contributed by atoms with Gasteiger partial charge in [0.25, 0.3) is 0 Å². The highest BCUT2D eigenvalue weighted by Crippen LogP contribution is 2.28. The minimum Gasteiger partial charge on any atom is -0.336 e. The van der Waals surface area contributed by atoms with Gasteiger partial charge in [0.1, 0.15) is 0 Å². The lowest BCUT2D eigenvalue weighted by Crippen LogP contribution is -2.53. The zero-order chi connectivity index (χ0) is 11.5. The molecule has 16 heavy (non-hydrogen) atoms. The molecule has 2 fully saturated rings. The topological polar surface area (TPSA) is 52.7 Å². The number of hydrogen-bond donors (Lipinski definition) is 1. The number of hydrogen-bond acceptors (Lipinski definition) is 3. The van der Waals surface area contributed by atoms with Gasteiger partial charge in [-0.25, -0.2) is 0 Å². The van der Waals surface area contributed by atoms with Crippen molar-refractivity contribution in [2.24, 2.45) is 0 Å². The Labute approximate surface area is 95.8 Å². The Hall–Kier alpha value is -1.10. The molecule has 1 aliphatic carbocycles. The smallest absolute Gasteiger partial charge is 0.242 e. The first-order valence-corrected chi connectivity index (χ1v) is 5.94. The van der Waals surface area contributed by atoms with E-state index in [1.165, 1.54) is 0 Å². The summed E-state index contributed by atoms with van der Waals surface area (Å²) < 4.78 is 0. The third-order valence-electron chi connectivity index (χ3n) is 3.19. The molecule has 1 aliphatic heterocycles. The first kappa shape index (κ1) is 11.4. The van der Waals surface area contributed by atoms with Crippen LogP contribution in [0, 0.1) is 0 Å². The maximum atomic E-state index is 11.8. The summed E-state index contributed by atoms with van der Waals surface area (Å²) in [6, 6.07) is 0.474. The van der Waals surface area contributed by atoms with E-state index in [0.717, 1.165) is 19.4 Å². The van der Waals surface area contributed by atoms with Crippen LogP contribution >= 0.6 is 0 Å². The van der Waals surface area contributed by atoms with Crippen LogP contribution < -0.4 is 5.32 Å². The summed E-state index contributed by atoms with van der Waals surface area (Å²) >= 11 is 0. The molecule has 0 spiro atoms. The van der Waals surface area contributed by atoms with Crippen molar-refractivity contribution in [1.29, 1.82) is 0 Å². The van der Waals surface area contributed by atoms with E-state index in [2.05, 4.69) is 5.32 Å². The Morgan fingerprint density at radius 1 is 1.44 bits per heavy atom. The summed E-state index contributed by atoms with van der Waals surface area (Å²) in [6.45, 7) is 2.37. The molecule has 0 unspecified atom stereocenters. The number of carbonyl (C=O) groups excluding carboxylic acids is 2. The van der Waals surface area contributed by atoms with Gasteiger partial charge < -0.3 is 15.1 Å². The Morgan fingerprint density at radius 3 is 2.75 bits per heavy atom. The van der Waals surface area contributed by atoms with E-state index in [1.54, 1.807) is 4.90 Å². The van der Waals surface area contributed by atoms with Gasteiger partial charge in [-0.15, -0.1) is 0 Å². The van der Waals surface area contributed by atoms with Crippen molar-refractivity contribution >= 4 is 11.8 Å². The molecule has 0 radical (unpaired) electrons. The molecule has 5 heteroatoms. The maximum absolute atomic E-state index is 11.8. The molecule has 2 rings (SSSR count). The molecule has 1 N–H and O–H groups in total. The maximum Gasteiger partial charge on any atom is 0.242 e. The fraction of sp³-hybridized carbons (Fsp3) is 0.818. The Balaban J connectivity index is 1.81. The molecule has 2 aliphatic rings. The normalized spacial score (nSPS) is 21.4. The third-order valence-corrected chi connectivity index (χ3v) is 3.19. The third kappa shape index (κ3) is 2.52. The molecule has 2 amide bonds. The van der Waals surface area contributed by atoms with Gasteiger partial charge in [-0.05, 0) is 19.9 Å². The predicted molar refractivity (Wildman–Crippen MR) is 59.9 cm³/mol. The van der Waals surface area contributed by atoms with E-state index in [-0.39, 0.29) is 18.4 Å². The van der Waals surface area contributed by atoms with E-state index >= 15 is 0 Å². The van der Waals surface area contributed by atoms with Crippen molar-refractivity contribution < 1.29 is 9.59 Å². The van der Waals surface area contributed by atoms with Crippen LogP contribution in [0.25, 0.3) is 0 Å². The minimum atomic E-state index is 0.0816. The van der Waals surface area contributed by atoms with Crippen molar-refractivity contribution in [1.82, 2.24) is 15.1 Å². The number of amides is 2. The van der Waals surface area contributed by atoms with Crippen LogP contribution in [-0.4, -0.2) is 60.9 Å². The van der Waals surface area contributed by atoms with Crippen LogP contribution in [0.15, 0.2) is 0 Å². The van der Waals surface area contributed by atoms with Crippen LogP contribution in [0.3, 0.4) is 0 Å². The Bertz CT molecular complexity index is 289. The van der Waals surface area contributed by atoms with Gasteiger partial charge in [-0.1, -0.05) is 0 Å². The lowest BCUT2D eigenvalue weighted by molar-refractivity contribution is -0.145. The SMILES string of the molecule is CNCCC(=O)N1CCN(C2CC2)C(=O)C1. The van der Waals surface area contributed by atoms with Crippen LogP contribution in [0.5, 0.6) is 0 Å². The molecule has 0 atom stereocenters. The van der Waals surface area contributed by atoms with Gasteiger partial charge in [0.05, 0.1) is 6.54 Å². The van der Waals surface area contributed by atoms with Gasteiger partial charge in [0, 0.05) is 32.1 Å². The van der Waals surface area contributed by atoms with Crippen LogP contribution in [0.2, 0.25) is 0 Å². The highest BCUT2D eigenvalue weighted by atomic mass is 16.2. The fourth-order valence-electron chi connectivity index (χ4n) is 2.06. The van der Waals surface area contributed by atoms with Crippen LogP contribution in [-0.2, 0) is 9.59 Å². The molecule has 1 saturated heterocycles. The fourth-order valence-corrected chi connectivity index (χ4v) is 2.06. The highest BCUT2D eigenvalue weighted by molar-refractivity contribution is 5.86. The standard InChI is InChI=1S/C11H19N3O2/c1-12-5-4-10(15)13-6-7-14(9-2-3-9)11(16)8-13/h9,12H,2-8H2,1H3. The number of nitrogens with zero attached hydrogens (tertiary/aromatic N) is 2. The van der Waals surface area contributed by atoms with E-state index in [9.17, 15) is 9.59 Å². The number of piperazine rings is 1. The monoisotopic (exact) mass is 225 g/mol. The molecule has 5 nitrogen and oxygen atoms in total. The van der Waals surface area contributed by atoms with Crippen molar-refractivity contribution in [2.75, 3.05) is 33.2 Å². The molecule has 0 bridgehead atoms. The first-order valence-electron chi connectivity index (χ1n) is 5.94. The lowest BCUT2D eigenvalue weighted by Gasteiger charge is -2.34. The second kappa shape index (κ2) is 4.82. The predicted octanol–water partition coefficient (Wildman–Crippen LogP) is -0.571. The molecule has 0 aromatic heterocycles. The molecule has 0 aromatic rings. The van der Waals surface area contributed by atoms with Crippen LogP contribution in [0.4, 0.5) is 0 Å².